The molecular weight excluding hydrogens is 266 g/mol. The quantitative estimate of drug-likeness (QED) is 0.805. The fraction of sp³-hybridized carbons (Fsp3) is 0.625. The average molecular weight is 291 g/mol. The summed E-state index contributed by atoms with van der Waals surface area (Å²) in [6.07, 6.45) is 4.52. The van der Waals surface area contributed by atoms with Crippen LogP contribution in [0.1, 0.15) is 37.4 Å². The molecule has 1 unspecified atom stereocenters. The Labute approximate surface area is 126 Å². The van der Waals surface area contributed by atoms with E-state index >= 15 is 0 Å². The number of aryl methyl sites for hydroxylation is 2. The number of amides is 1. The van der Waals surface area contributed by atoms with Gasteiger partial charge in [-0.25, -0.2) is 4.98 Å². The molecule has 1 aromatic rings. The summed E-state index contributed by atoms with van der Waals surface area (Å²) in [6.45, 7) is 3.50. The van der Waals surface area contributed by atoms with Gasteiger partial charge < -0.3 is 15.4 Å². The Balaban J connectivity index is 1.72. The van der Waals surface area contributed by atoms with E-state index in [2.05, 4.69) is 27.8 Å². The van der Waals surface area contributed by atoms with Crippen molar-refractivity contribution in [1.82, 2.24) is 10.3 Å². The zero-order valence-electron chi connectivity index (χ0n) is 12.9. The maximum absolute atomic E-state index is 11.7. The van der Waals surface area contributed by atoms with Gasteiger partial charge in [-0.3, -0.25) is 4.79 Å². The molecule has 0 aliphatic carbocycles. The molecule has 5 heteroatoms. The molecule has 0 radical (unpaired) electrons. The number of fused-ring (bicyclic) bond motifs is 1. The second-order valence-corrected chi connectivity index (χ2v) is 5.54. The number of methoxy groups -OCH3 is 1. The van der Waals surface area contributed by atoms with Crippen molar-refractivity contribution >= 4 is 11.7 Å². The molecule has 1 aliphatic heterocycles. The zero-order chi connectivity index (χ0) is 15.1. The summed E-state index contributed by atoms with van der Waals surface area (Å²) in [4.78, 5) is 16.3. The molecule has 1 aliphatic rings. The summed E-state index contributed by atoms with van der Waals surface area (Å²) in [5.74, 6) is 1.10. The minimum atomic E-state index is 0.0577. The van der Waals surface area contributed by atoms with Crippen molar-refractivity contribution in [1.29, 1.82) is 0 Å². The van der Waals surface area contributed by atoms with Gasteiger partial charge in [0.15, 0.2) is 0 Å². The standard InChI is InChI=1S/C16H25N3O2/c1-12(21-2)11-18-15(20)7-3-6-14-9-8-13-5-4-10-17-16(13)19-14/h8-9,12H,3-7,10-11H2,1-2H3,(H,17,19)(H,18,20). The highest BCUT2D eigenvalue weighted by Gasteiger charge is 2.10. The van der Waals surface area contributed by atoms with Gasteiger partial charge in [0, 0.05) is 32.3 Å². The highest BCUT2D eigenvalue weighted by molar-refractivity contribution is 5.75. The van der Waals surface area contributed by atoms with E-state index in [1.807, 2.05) is 6.92 Å². The number of nitrogens with one attached hydrogen (secondary N) is 2. The fourth-order valence-corrected chi connectivity index (χ4v) is 2.37. The van der Waals surface area contributed by atoms with Gasteiger partial charge in [0.1, 0.15) is 5.82 Å². The average Bonchev–Trinajstić information content (AvgIpc) is 2.52. The Bertz CT molecular complexity index is 477. The summed E-state index contributed by atoms with van der Waals surface area (Å²) >= 11 is 0. The molecule has 2 heterocycles. The van der Waals surface area contributed by atoms with Gasteiger partial charge >= 0.3 is 0 Å². The van der Waals surface area contributed by atoms with Gasteiger partial charge in [-0.15, -0.1) is 0 Å². The smallest absolute Gasteiger partial charge is 0.220 e. The Morgan fingerprint density at radius 3 is 3.19 bits per heavy atom. The number of hydrogen-bond donors (Lipinski definition) is 2. The van der Waals surface area contributed by atoms with Gasteiger partial charge in [0.25, 0.3) is 0 Å². The first-order chi connectivity index (χ1) is 10.2. The lowest BCUT2D eigenvalue weighted by Gasteiger charge is -2.17. The first-order valence-electron chi connectivity index (χ1n) is 7.71. The molecule has 0 spiro atoms. The van der Waals surface area contributed by atoms with Crippen LogP contribution in [0.3, 0.4) is 0 Å². The Kier molecular flexibility index (Phi) is 5.99. The number of anilines is 1. The summed E-state index contributed by atoms with van der Waals surface area (Å²) in [5, 5.41) is 6.21. The molecule has 0 saturated heterocycles. The SMILES string of the molecule is COC(C)CNC(=O)CCCc1ccc2c(n1)NCCC2. The van der Waals surface area contributed by atoms with E-state index < -0.39 is 0 Å². The van der Waals surface area contributed by atoms with Crippen LogP contribution in [-0.2, 0) is 22.4 Å². The maximum atomic E-state index is 11.7. The van der Waals surface area contributed by atoms with E-state index in [0.717, 1.165) is 37.3 Å². The number of carbonyl (C=O) groups is 1. The number of carbonyl (C=O) groups excluding carboxylic acids is 1. The number of nitrogens with zero attached hydrogens (tertiary/aromatic N) is 1. The molecule has 2 rings (SSSR count). The van der Waals surface area contributed by atoms with Crippen LogP contribution < -0.4 is 10.6 Å². The summed E-state index contributed by atoms with van der Waals surface area (Å²) in [7, 11) is 1.65. The highest BCUT2D eigenvalue weighted by Crippen LogP contribution is 2.20. The van der Waals surface area contributed by atoms with E-state index in [1.165, 1.54) is 12.0 Å². The molecule has 1 amide bonds. The van der Waals surface area contributed by atoms with E-state index in [9.17, 15) is 4.79 Å². The number of hydrogen-bond acceptors (Lipinski definition) is 4. The summed E-state index contributed by atoms with van der Waals surface area (Å²) < 4.78 is 5.10. The molecule has 21 heavy (non-hydrogen) atoms. The van der Waals surface area contributed by atoms with Crippen molar-refractivity contribution in [3.8, 4) is 0 Å². The van der Waals surface area contributed by atoms with E-state index in [-0.39, 0.29) is 12.0 Å². The first kappa shape index (κ1) is 15.8. The Morgan fingerprint density at radius 1 is 1.52 bits per heavy atom. The minimum absolute atomic E-state index is 0.0577. The fourth-order valence-electron chi connectivity index (χ4n) is 2.37. The highest BCUT2D eigenvalue weighted by atomic mass is 16.5. The van der Waals surface area contributed by atoms with Crippen molar-refractivity contribution in [2.24, 2.45) is 0 Å². The third kappa shape index (κ3) is 5.01. The van der Waals surface area contributed by atoms with Crippen LogP contribution in [0, 0.1) is 0 Å². The van der Waals surface area contributed by atoms with E-state index in [1.54, 1.807) is 7.11 Å². The van der Waals surface area contributed by atoms with Crippen LogP contribution >= 0.6 is 0 Å². The zero-order valence-corrected chi connectivity index (χ0v) is 12.9. The normalized spacial score (nSPS) is 15.0. The lowest BCUT2D eigenvalue weighted by molar-refractivity contribution is -0.121. The van der Waals surface area contributed by atoms with Gasteiger partial charge in [0.05, 0.1) is 6.10 Å². The topological polar surface area (TPSA) is 63.2 Å². The second kappa shape index (κ2) is 7.98. The van der Waals surface area contributed by atoms with Crippen molar-refractivity contribution in [2.45, 2.75) is 45.1 Å². The van der Waals surface area contributed by atoms with Crippen molar-refractivity contribution in [3.63, 3.8) is 0 Å². The minimum Gasteiger partial charge on any atom is -0.380 e. The predicted molar refractivity (Wildman–Crippen MR) is 83.5 cm³/mol. The van der Waals surface area contributed by atoms with Crippen LogP contribution in [0.15, 0.2) is 12.1 Å². The lowest BCUT2D eigenvalue weighted by Crippen LogP contribution is -2.31. The largest absolute Gasteiger partial charge is 0.380 e. The molecule has 1 atom stereocenters. The molecular formula is C16H25N3O2. The number of ether oxygens (including phenoxy) is 1. The Hall–Kier alpha value is -1.62. The molecule has 5 nitrogen and oxygen atoms in total. The molecule has 0 saturated carbocycles. The number of aromatic nitrogens is 1. The predicted octanol–water partition coefficient (Wildman–Crippen LogP) is 1.91. The molecule has 0 aromatic carbocycles. The van der Waals surface area contributed by atoms with Crippen LogP contribution in [0.4, 0.5) is 5.82 Å². The van der Waals surface area contributed by atoms with Gasteiger partial charge in [-0.05, 0) is 44.2 Å². The third-order valence-corrected chi connectivity index (χ3v) is 3.78. The second-order valence-electron chi connectivity index (χ2n) is 5.54. The van der Waals surface area contributed by atoms with Crippen LogP contribution in [0.2, 0.25) is 0 Å². The summed E-state index contributed by atoms with van der Waals surface area (Å²) in [6, 6.07) is 4.24. The van der Waals surface area contributed by atoms with E-state index in [0.29, 0.717) is 13.0 Å². The maximum Gasteiger partial charge on any atom is 0.220 e. The van der Waals surface area contributed by atoms with Crippen molar-refractivity contribution in [3.05, 3.63) is 23.4 Å². The van der Waals surface area contributed by atoms with Gasteiger partial charge in [-0.2, -0.15) is 0 Å². The summed E-state index contributed by atoms with van der Waals surface area (Å²) in [5.41, 5.74) is 2.36. The van der Waals surface area contributed by atoms with Crippen LogP contribution in [-0.4, -0.2) is 37.2 Å². The lowest BCUT2D eigenvalue weighted by atomic mass is 10.1. The number of rotatable bonds is 7. The van der Waals surface area contributed by atoms with Crippen LogP contribution in [0.5, 0.6) is 0 Å². The van der Waals surface area contributed by atoms with Crippen LogP contribution in [0.25, 0.3) is 0 Å². The Morgan fingerprint density at radius 2 is 2.38 bits per heavy atom. The van der Waals surface area contributed by atoms with Crippen molar-refractivity contribution in [2.75, 3.05) is 25.5 Å². The third-order valence-electron chi connectivity index (χ3n) is 3.78. The number of pyridine rings is 1. The molecule has 0 fully saturated rings. The van der Waals surface area contributed by atoms with E-state index in [4.69, 9.17) is 4.74 Å². The molecule has 2 N–H and O–H groups in total. The van der Waals surface area contributed by atoms with Crippen molar-refractivity contribution < 1.29 is 9.53 Å². The monoisotopic (exact) mass is 291 g/mol. The molecule has 116 valence electrons. The van der Waals surface area contributed by atoms with Gasteiger partial charge in [0.2, 0.25) is 5.91 Å². The van der Waals surface area contributed by atoms with Gasteiger partial charge in [-0.1, -0.05) is 6.07 Å². The molecule has 1 aromatic heterocycles. The first-order valence-corrected chi connectivity index (χ1v) is 7.71. The molecule has 0 bridgehead atoms.